The number of nitrogens with one attached hydrogen (secondary N) is 2. The first kappa shape index (κ1) is 21.5. The highest BCUT2D eigenvalue weighted by Gasteiger charge is 2.24. The van der Waals surface area contributed by atoms with Crippen molar-refractivity contribution in [3.8, 4) is 5.75 Å². The van der Waals surface area contributed by atoms with Crippen LogP contribution >= 0.6 is 0 Å². The average Bonchev–Trinajstić information content (AvgIpc) is 2.96. The van der Waals surface area contributed by atoms with E-state index in [2.05, 4.69) is 10.3 Å². The van der Waals surface area contributed by atoms with Crippen LogP contribution in [0.5, 0.6) is 5.75 Å². The number of aryl methyl sites for hydroxylation is 1. The number of H-pyrrole nitrogens is 1. The third-order valence-electron chi connectivity index (χ3n) is 4.72. The molecule has 0 radical (unpaired) electrons. The summed E-state index contributed by atoms with van der Waals surface area (Å²) in [7, 11) is 5.53. The van der Waals surface area contributed by atoms with Crippen LogP contribution in [0.2, 0.25) is 0 Å². The SMILES string of the molecule is CCOC(=O)c1c(C)[nH]c(C(=O)NCC(c2ccccc2OC)N(C)C)c1C. The van der Waals surface area contributed by atoms with E-state index in [9.17, 15) is 9.59 Å². The number of hydrogen-bond donors (Lipinski definition) is 2. The van der Waals surface area contributed by atoms with Crippen LogP contribution in [0.3, 0.4) is 0 Å². The van der Waals surface area contributed by atoms with Crippen LogP contribution in [0, 0.1) is 13.8 Å². The van der Waals surface area contributed by atoms with E-state index in [1.54, 1.807) is 27.9 Å². The maximum atomic E-state index is 12.8. The summed E-state index contributed by atoms with van der Waals surface area (Å²) in [5.41, 5.74) is 2.99. The summed E-state index contributed by atoms with van der Waals surface area (Å²) in [6, 6.07) is 7.67. The van der Waals surface area contributed by atoms with Gasteiger partial charge in [-0.05, 0) is 46.5 Å². The minimum Gasteiger partial charge on any atom is -0.496 e. The number of likely N-dealkylation sites (N-methyl/N-ethyl adjacent to an activating group) is 1. The number of esters is 1. The van der Waals surface area contributed by atoms with Gasteiger partial charge >= 0.3 is 5.97 Å². The molecule has 1 heterocycles. The largest absolute Gasteiger partial charge is 0.496 e. The Balaban J connectivity index is 2.20. The second-order valence-corrected chi connectivity index (χ2v) is 6.78. The fourth-order valence-electron chi connectivity index (χ4n) is 3.28. The molecule has 0 aliphatic heterocycles. The highest BCUT2D eigenvalue weighted by Crippen LogP contribution is 2.27. The van der Waals surface area contributed by atoms with Crippen LogP contribution in [0.15, 0.2) is 24.3 Å². The molecule has 1 amide bonds. The van der Waals surface area contributed by atoms with E-state index in [1.165, 1.54) is 0 Å². The maximum Gasteiger partial charge on any atom is 0.340 e. The van der Waals surface area contributed by atoms with Gasteiger partial charge in [-0.1, -0.05) is 18.2 Å². The summed E-state index contributed by atoms with van der Waals surface area (Å²) in [5, 5.41) is 2.96. The Labute approximate surface area is 166 Å². The number of aromatic nitrogens is 1. The molecule has 1 aromatic carbocycles. The quantitative estimate of drug-likeness (QED) is 0.681. The van der Waals surface area contributed by atoms with Crippen LogP contribution in [0.25, 0.3) is 0 Å². The summed E-state index contributed by atoms with van der Waals surface area (Å²) in [4.78, 5) is 30.0. The molecule has 2 rings (SSSR count). The number of nitrogens with zero attached hydrogens (tertiary/aromatic N) is 1. The molecule has 1 atom stereocenters. The van der Waals surface area contributed by atoms with Crippen LogP contribution < -0.4 is 10.1 Å². The molecule has 1 unspecified atom stereocenters. The molecule has 0 bridgehead atoms. The number of methoxy groups -OCH3 is 1. The minimum absolute atomic E-state index is 0.0685. The normalized spacial score (nSPS) is 12.0. The van der Waals surface area contributed by atoms with E-state index in [1.807, 2.05) is 43.3 Å². The molecule has 2 aromatic rings. The summed E-state index contributed by atoms with van der Waals surface area (Å²) in [6.07, 6.45) is 0. The standard InChI is InChI=1S/C21H29N3O4/c1-7-28-21(26)18-13(2)19(23-14(18)3)20(25)22-12-16(24(4)5)15-10-8-9-11-17(15)27-6/h8-11,16,23H,7,12H2,1-6H3,(H,22,25). The van der Waals surface area contributed by atoms with E-state index in [0.29, 0.717) is 29.1 Å². The van der Waals surface area contributed by atoms with E-state index < -0.39 is 5.97 Å². The number of rotatable bonds is 8. The molecule has 0 fully saturated rings. The zero-order valence-electron chi connectivity index (χ0n) is 17.4. The van der Waals surface area contributed by atoms with E-state index in [0.717, 1.165) is 11.3 Å². The second kappa shape index (κ2) is 9.41. The maximum absolute atomic E-state index is 12.8. The lowest BCUT2D eigenvalue weighted by Crippen LogP contribution is -2.35. The van der Waals surface area contributed by atoms with Crippen molar-refractivity contribution in [1.29, 1.82) is 0 Å². The molecule has 28 heavy (non-hydrogen) atoms. The second-order valence-electron chi connectivity index (χ2n) is 6.78. The Bertz CT molecular complexity index is 842. The van der Waals surface area contributed by atoms with Crippen LogP contribution in [-0.2, 0) is 4.74 Å². The van der Waals surface area contributed by atoms with E-state index in [4.69, 9.17) is 9.47 Å². The molecular formula is C21H29N3O4. The molecule has 1 aromatic heterocycles. The predicted molar refractivity (Wildman–Crippen MR) is 108 cm³/mol. The van der Waals surface area contributed by atoms with Gasteiger partial charge in [0, 0.05) is 17.8 Å². The fraction of sp³-hybridized carbons (Fsp3) is 0.429. The summed E-state index contributed by atoms with van der Waals surface area (Å²) >= 11 is 0. The highest BCUT2D eigenvalue weighted by atomic mass is 16.5. The number of amides is 1. The molecule has 0 spiro atoms. The monoisotopic (exact) mass is 387 g/mol. The summed E-state index contributed by atoms with van der Waals surface area (Å²) in [5.74, 6) is 0.0813. The number of aromatic amines is 1. The van der Waals surface area contributed by atoms with E-state index >= 15 is 0 Å². The molecular weight excluding hydrogens is 358 g/mol. The average molecular weight is 387 g/mol. The molecule has 0 aliphatic carbocycles. The lowest BCUT2D eigenvalue weighted by atomic mass is 10.0. The number of para-hydroxylation sites is 1. The molecule has 7 nitrogen and oxygen atoms in total. The summed E-state index contributed by atoms with van der Waals surface area (Å²) < 4.78 is 10.5. The molecule has 152 valence electrons. The van der Waals surface area contributed by atoms with Crippen molar-refractivity contribution in [3.05, 3.63) is 52.3 Å². The third kappa shape index (κ3) is 4.54. The number of benzene rings is 1. The van der Waals surface area contributed by atoms with Gasteiger partial charge in [0.2, 0.25) is 0 Å². The van der Waals surface area contributed by atoms with Crippen LogP contribution in [0.1, 0.15) is 50.6 Å². The van der Waals surface area contributed by atoms with Gasteiger partial charge in [-0.3, -0.25) is 4.79 Å². The zero-order chi connectivity index (χ0) is 20.8. The Morgan fingerprint density at radius 1 is 1.21 bits per heavy atom. The molecule has 0 saturated heterocycles. The number of carbonyl (C=O) groups is 2. The van der Waals surface area contributed by atoms with Gasteiger partial charge in [0.25, 0.3) is 5.91 Å². The first-order valence-corrected chi connectivity index (χ1v) is 9.25. The van der Waals surface area contributed by atoms with Crippen LogP contribution in [-0.4, -0.2) is 56.1 Å². The minimum atomic E-state index is -0.423. The molecule has 7 heteroatoms. The van der Waals surface area contributed by atoms with Crippen molar-refractivity contribution in [2.75, 3.05) is 34.4 Å². The van der Waals surface area contributed by atoms with Crippen molar-refractivity contribution >= 4 is 11.9 Å². The van der Waals surface area contributed by atoms with Gasteiger partial charge in [0.1, 0.15) is 11.4 Å². The smallest absolute Gasteiger partial charge is 0.340 e. The van der Waals surface area contributed by atoms with Crippen LogP contribution in [0.4, 0.5) is 0 Å². The van der Waals surface area contributed by atoms with Gasteiger partial charge in [-0.2, -0.15) is 0 Å². The topological polar surface area (TPSA) is 83.7 Å². The Hall–Kier alpha value is -2.80. The highest BCUT2D eigenvalue weighted by molar-refractivity contribution is 6.00. The predicted octanol–water partition coefficient (Wildman–Crippen LogP) is 2.85. The van der Waals surface area contributed by atoms with Gasteiger partial charge in [-0.25, -0.2) is 4.79 Å². The lowest BCUT2D eigenvalue weighted by molar-refractivity contribution is 0.0525. The zero-order valence-corrected chi connectivity index (χ0v) is 17.4. The number of hydrogen-bond acceptors (Lipinski definition) is 5. The van der Waals surface area contributed by atoms with Gasteiger partial charge in [-0.15, -0.1) is 0 Å². The van der Waals surface area contributed by atoms with Crippen molar-refractivity contribution in [2.45, 2.75) is 26.8 Å². The Kier molecular flexibility index (Phi) is 7.23. The summed E-state index contributed by atoms with van der Waals surface area (Å²) in [6.45, 7) is 5.93. The van der Waals surface area contributed by atoms with Crippen molar-refractivity contribution < 1.29 is 19.1 Å². The van der Waals surface area contributed by atoms with Gasteiger partial charge in [0.05, 0.1) is 25.3 Å². The van der Waals surface area contributed by atoms with Gasteiger partial charge < -0.3 is 24.7 Å². The third-order valence-corrected chi connectivity index (χ3v) is 4.72. The Morgan fingerprint density at radius 2 is 1.89 bits per heavy atom. The van der Waals surface area contributed by atoms with Crippen molar-refractivity contribution in [3.63, 3.8) is 0 Å². The van der Waals surface area contributed by atoms with Crippen molar-refractivity contribution in [2.24, 2.45) is 0 Å². The van der Waals surface area contributed by atoms with Gasteiger partial charge in [0.15, 0.2) is 0 Å². The first-order chi connectivity index (χ1) is 13.3. The molecule has 0 aliphatic rings. The number of carbonyl (C=O) groups excluding carboxylic acids is 2. The first-order valence-electron chi connectivity index (χ1n) is 9.25. The van der Waals surface area contributed by atoms with E-state index in [-0.39, 0.29) is 18.6 Å². The molecule has 0 saturated carbocycles. The molecule has 2 N–H and O–H groups in total. The Morgan fingerprint density at radius 3 is 2.50 bits per heavy atom. The number of ether oxygens (including phenoxy) is 2. The fourth-order valence-corrected chi connectivity index (χ4v) is 3.28. The lowest BCUT2D eigenvalue weighted by Gasteiger charge is -2.26. The van der Waals surface area contributed by atoms with Crippen molar-refractivity contribution in [1.82, 2.24) is 15.2 Å².